The number of nitrogens with zero attached hydrogens (tertiary/aromatic N) is 4. The first-order valence-corrected chi connectivity index (χ1v) is 10.5. The number of hydrogen-bond donors (Lipinski definition) is 4. The molecule has 32 heavy (non-hydrogen) atoms. The maximum Gasteiger partial charge on any atom is 0.229 e. The van der Waals surface area contributed by atoms with Crippen LogP contribution in [0.1, 0.15) is 36.0 Å². The minimum atomic E-state index is -0.210. The maximum atomic E-state index is 9.94. The molecule has 168 valence electrons. The van der Waals surface area contributed by atoms with Crippen LogP contribution in [-0.4, -0.2) is 44.9 Å². The molecule has 0 bridgehead atoms. The second-order valence-electron chi connectivity index (χ2n) is 8.08. The van der Waals surface area contributed by atoms with Crippen LogP contribution in [0.3, 0.4) is 0 Å². The lowest BCUT2D eigenvalue weighted by atomic mass is 10.0. The number of allylic oxidation sites excluding steroid dienone is 3. The molecule has 9 heteroatoms. The Morgan fingerprint density at radius 1 is 1.34 bits per heavy atom. The molecule has 0 unspecified atom stereocenters. The molecule has 0 radical (unpaired) electrons. The molecule has 1 saturated heterocycles. The molecule has 3 heterocycles. The van der Waals surface area contributed by atoms with Crippen molar-refractivity contribution < 1.29 is 9.52 Å². The first kappa shape index (κ1) is 21.7. The molecule has 1 aromatic carbocycles. The van der Waals surface area contributed by atoms with Gasteiger partial charge in [0.05, 0.1) is 29.6 Å². The van der Waals surface area contributed by atoms with Crippen molar-refractivity contribution in [3.8, 4) is 0 Å². The van der Waals surface area contributed by atoms with E-state index in [9.17, 15) is 5.11 Å². The second kappa shape index (κ2) is 8.89. The summed E-state index contributed by atoms with van der Waals surface area (Å²) in [4.78, 5) is 6.80. The van der Waals surface area contributed by atoms with Crippen LogP contribution < -0.4 is 17.2 Å². The van der Waals surface area contributed by atoms with Gasteiger partial charge in [-0.15, -0.1) is 0 Å². The molecule has 0 atom stereocenters. The molecule has 9 nitrogen and oxygen atoms in total. The normalized spacial score (nSPS) is 16.7. The van der Waals surface area contributed by atoms with Crippen molar-refractivity contribution in [3.63, 3.8) is 0 Å². The highest BCUT2D eigenvalue weighted by Gasteiger charge is 2.22. The third kappa shape index (κ3) is 4.12. The van der Waals surface area contributed by atoms with Gasteiger partial charge in [-0.05, 0) is 51.2 Å². The first-order valence-electron chi connectivity index (χ1n) is 10.5. The van der Waals surface area contributed by atoms with Crippen LogP contribution in [-0.2, 0) is 6.61 Å². The SMILES string of the molecule is C=C(N)/C(=C\C(=C/N)c1cn(C2CCN(C)CC2)nc1CO)c1nc2c(N)cccc2o1. The van der Waals surface area contributed by atoms with Gasteiger partial charge in [0, 0.05) is 29.2 Å². The van der Waals surface area contributed by atoms with Crippen LogP contribution in [0.2, 0.25) is 0 Å². The first-order chi connectivity index (χ1) is 15.4. The highest BCUT2D eigenvalue weighted by Crippen LogP contribution is 2.31. The van der Waals surface area contributed by atoms with E-state index in [2.05, 4.69) is 28.6 Å². The van der Waals surface area contributed by atoms with Gasteiger partial charge in [-0.3, -0.25) is 4.68 Å². The van der Waals surface area contributed by atoms with E-state index in [0.717, 1.165) is 31.5 Å². The largest absolute Gasteiger partial charge is 0.436 e. The predicted molar refractivity (Wildman–Crippen MR) is 126 cm³/mol. The third-order valence-corrected chi connectivity index (χ3v) is 5.84. The van der Waals surface area contributed by atoms with E-state index in [1.165, 1.54) is 6.20 Å². The van der Waals surface area contributed by atoms with Gasteiger partial charge >= 0.3 is 0 Å². The predicted octanol–water partition coefficient (Wildman–Crippen LogP) is 2.22. The van der Waals surface area contributed by atoms with Crippen LogP contribution >= 0.6 is 0 Å². The maximum absolute atomic E-state index is 9.94. The Bertz CT molecular complexity index is 1200. The van der Waals surface area contributed by atoms with Crippen molar-refractivity contribution in [3.05, 3.63) is 66.1 Å². The molecule has 1 fully saturated rings. The fourth-order valence-electron chi connectivity index (χ4n) is 3.98. The van der Waals surface area contributed by atoms with Crippen molar-refractivity contribution in [2.75, 3.05) is 25.9 Å². The molecule has 0 amide bonds. The number of piperidine rings is 1. The van der Waals surface area contributed by atoms with E-state index < -0.39 is 0 Å². The summed E-state index contributed by atoms with van der Waals surface area (Å²) in [5, 5.41) is 14.6. The Hall–Kier alpha value is -3.56. The smallest absolute Gasteiger partial charge is 0.229 e. The number of benzene rings is 1. The monoisotopic (exact) mass is 435 g/mol. The summed E-state index contributed by atoms with van der Waals surface area (Å²) < 4.78 is 7.81. The molecular weight excluding hydrogens is 406 g/mol. The fourth-order valence-corrected chi connectivity index (χ4v) is 3.98. The van der Waals surface area contributed by atoms with Crippen molar-refractivity contribution in [2.45, 2.75) is 25.5 Å². The van der Waals surface area contributed by atoms with Gasteiger partial charge in [0.1, 0.15) is 5.52 Å². The Morgan fingerprint density at radius 2 is 2.09 bits per heavy atom. The number of oxazole rings is 1. The van der Waals surface area contributed by atoms with Gasteiger partial charge in [0.25, 0.3) is 0 Å². The molecule has 1 aliphatic rings. The summed E-state index contributed by atoms with van der Waals surface area (Å²) >= 11 is 0. The van der Waals surface area contributed by atoms with E-state index in [1.807, 2.05) is 10.9 Å². The fraction of sp³-hybridized carbons (Fsp3) is 0.304. The minimum absolute atomic E-state index is 0.210. The van der Waals surface area contributed by atoms with Crippen LogP contribution in [0.15, 0.2) is 53.4 Å². The number of rotatable bonds is 6. The number of nitrogen functional groups attached to an aromatic ring is 1. The highest BCUT2D eigenvalue weighted by molar-refractivity contribution is 5.91. The minimum Gasteiger partial charge on any atom is -0.436 e. The van der Waals surface area contributed by atoms with Crippen molar-refractivity contribution in [1.82, 2.24) is 19.7 Å². The lowest BCUT2D eigenvalue weighted by Gasteiger charge is -2.29. The quantitative estimate of drug-likeness (QED) is 0.341. The number of aromatic nitrogens is 3. The number of nitrogens with two attached hydrogens (primary N) is 3. The average Bonchev–Trinajstić information content (AvgIpc) is 3.40. The second-order valence-corrected chi connectivity index (χ2v) is 8.08. The average molecular weight is 436 g/mol. The molecule has 0 spiro atoms. The number of likely N-dealkylation sites (tertiary alicyclic amines) is 1. The third-order valence-electron chi connectivity index (χ3n) is 5.84. The van der Waals surface area contributed by atoms with E-state index in [1.54, 1.807) is 24.3 Å². The zero-order valence-corrected chi connectivity index (χ0v) is 18.2. The Balaban J connectivity index is 1.73. The topological polar surface area (TPSA) is 145 Å². The molecule has 4 rings (SSSR count). The number of anilines is 1. The van der Waals surface area contributed by atoms with Crippen molar-refractivity contribution in [2.24, 2.45) is 11.5 Å². The zero-order chi connectivity index (χ0) is 22.8. The van der Waals surface area contributed by atoms with E-state index in [-0.39, 0.29) is 24.2 Å². The van der Waals surface area contributed by atoms with Gasteiger partial charge in [-0.1, -0.05) is 12.6 Å². The molecule has 1 aliphatic heterocycles. The lowest BCUT2D eigenvalue weighted by molar-refractivity contribution is 0.210. The number of para-hydroxylation sites is 1. The van der Waals surface area contributed by atoms with Gasteiger partial charge < -0.3 is 31.6 Å². The molecule has 7 N–H and O–H groups in total. The summed E-state index contributed by atoms with van der Waals surface area (Å²) in [5.74, 6) is 0.290. The lowest BCUT2D eigenvalue weighted by Crippen LogP contribution is -2.31. The summed E-state index contributed by atoms with van der Waals surface area (Å²) in [7, 11) is 2.12. The van der Waals surface area contributed by atoms with Crippen molar-refractivity contribution >= 4 is 27.9 Å². The van der Waals surface area contributed by atoms with Gasteiger partial charge in [0.2, 0.25) is 5.89 Å². The molecule has 3 aromatic rings. The van der Waals surface area contributed by atoms with Gasteiger partial charge in [-0.2, -0.15) is 5.10 Å². The number of hydrogen-bond acceptors (Lipinski definition) is 8. The van der Waals surface area contributed by atoms with Crippen LogP contribution in [0.25, 0.3) is 22.2 Å². The Labute approximate surface area is 186 Å². The number of fused-ring (bicyclic) bond motifs is 1. The summed E-state index contributed by atoms with van der Waals surface area (Å²) in [5.41, 5.74) is 22.3. The zero-order valence-electron chi connectivity index (χ0n) is 18.2. The Morgan fingerprint density at radius 3 is 2.72 bits per heavy atom. The van der Waals surface area contributed by atoms with E-state index in [0.29, 0.717) is 33.6 Å². The standard InChI is InChI=1S/C23H29N7O2/c1-14(25)17(23-27-22-19(26)4-3-5-21(22)32-23)10-15(11-24)18-12-30(28-20(18)13-31)16-6-8-29(2)9-7-16/h3-5,10-12,16,31H,1,6-9,13,24-26H2,2H3/b15-11+,17-10+. The van der Waals surface area contributed by atoms with Gasteiger partial charge in [-0.25, -0.2) is 4.98 Å². The summed E-state index contributed by atoms with van der Waals surface area (Å²) in [6.45, 7) is 5.67. The van der Waals surface area contributed by atoms with Crippen molar-refractivity contribution in [1.29, 1.82) is 0 Å². The molecular formula is C23H29N7O2. The van der Waals surface area contributed by atoms with Crippen LogP contribution in [0, 0.1) is 0 Å². The molecule has 0 aliphatic carbocycles. The van der Waals surface area contributed by atoms with E-state index >= 15 is 0 Å². The molecule has 2 aromatic heterocycles. The van der Waals surface area contributed by atoms with Gasteiger partial charge in [0.15, 0.2) is 5.58 Å². The van der Waals surface area contributed by atoms with E-state index in [4.69, 9.17) is 21.6 Å². The number of aliphatic hydroxyl groups excluding tert-OH is 1. The Kier molecular flexibility index (Phi) is 6.02. The molecule has 0 saturated carbocycles. The van der Waals surface area contributed by atoms with Crippen LogP contribution in [0.4, 0.5) is 5.69 Å². The van der Waals surface area contributed by atoms with Crippen LogP contribution in [0.5, 0.6) is 0 Å². The summed E-state index contributed by atoms with van der Waals surface area (Å²) in [6.07, 6.45) is 7.12. The highest BCUT2D eigenvalue weighted by atomic mass is 16.3. The number of aliphatic hydroxyl groups is 1. The summed E-state index contributed by atoms with van der Waals surface area (Å²) in [6, 6.07) is 5.61.